The summed E-state index contributed by atoms with van der Waals surface area (Å²) < 4.78 is 43.6. The maximum atomic E-state index is 13.4. The maximum absolute atomic E-state index is 13.4. The molecule has 4 N–H and O–H groups in total. The highest BCUT2D eigenvalue weighted by molar-refractivity contribution is 7.92. The third-order valence-corrected chi connectivity index (χ3v) is 7.70. The van der Waals surface area contributed by atoms with Gasteiger partial charge in [-0.2, -0.15) is 9.97 Å². The third kappa shape index (κ3) is 8.39. The highest BCUT2D eigenvalue weighted by Gasteiger charge is 2.23. The van der Waals surface area contributed by atoms with Crippen molar-refractivity contribution < 1.29 is 27.4 Å². The summed E-state index contributed by atoms with van der Waals surface area (Å²) in [5.41, 5.74) is 2.46. The Balaban J connectivity index is 1.41. The Hall–Kier alpha value is -5.63. The summed E-state index contributed by atoms with van der Waals surface area (Å²) in [6.07, 6.45) is 1.05. The van der Waals surface area contributed by atoms with Crippen LogP contribution in [0, 0.1) is 0 Å². The van der Waals surface area contributed by atoms with Gasteiger partial charge in [-0.3, -0.25) is 4.72 Å². The minimum Gasteiger partial charge on any atom is -0.492 e. The molecule has 13 nitrogen and oxygen atoms in total. The van der Waals surface area contributed by atoms with Gasteiger partial charge in [-0.15, -0.1) is 4.98 Å². The highest BCUT2D eigenvalue weighted by atomic mass is 32.2. The molecule has 0 aliphatic heterocycles. The molecule has 14 heteroatoms. The van der Waals surface area contributed by atoms with E-state index >= 15 is 0 Å². The molecule has 0 radical (unpaired) electrons. The minimum atomic E-state index is -3.63. The monoisotopic (exact) mass is 671 g/mol. The molecule has 0 unspecified atom stereocenters. The number of hydrogen-bond donors (Lipinski definition) is 4. The summed E-state index contributed by atoms with van der Waals surface area (Å²) >= 11 is 0. The van der Waals surface area contributed by atoms with Gasteiger partial charge in [0.2, 0.25) is 16.0 Å². The molecule has 5 aromatic rings. The van der Waals surface area contributed by atoms with Crippen LogP contribution in [0.2, 0.25) is 0 Å². The average molecular weight is 672 g/mol. The average Bonchev–Trinajstić information content (AvgIpc) is 3.04. The molecule has 0 saturated heterocycles. The quantitative estimate of drug-likeness (QED) is 0.118. The van der Waals surface area contributed by atoms with Crippen molar-refractivity contribution in [1.82, 2.24) is 15.0 Å². The first-order valence-corrected chi connectivity index (χ1v) is 16.8. The Morgan fingerprint density at radius 3 is 2.08 bits per heavy atom. The molecule has 1 aromatic heterocycles. The van der Waals surface area contributed by atoms with Gasteiger partial charge in [0.1, 0.15) is 5.75 Å². The predicted octanol–water partition coefficient (Wildman–Crippen LogP) is 6.76. The summed E-state index contributed by atoms with van der Waals surface area (Å²) in [5, 5.41) is 10.2. The van der Waals surface area contributed by atoms with E-state index in [2.05, 4.69) is 35.6 Å². The van der Waals surface area contributed by atoms with E-state index in [-0.39, 0.29) is 34.8 Å². The zero-order valence-corrected chi connectivity index (χ0v) is 28.2. The fourth-order valence-corrected chi connectivity index (χ4v) is 5.38. The van der Waals surface area contributed by atoms with Crippen LogP contribution >= 0.6 is 0 Å². The number of carbonyl (C=O) groups excluding carboxylic acids is 1. The van der Waals surface area contributed by atoms with E-state index < -0.39 is 16.1 Å². The van der Waals surface area contributed by atoms with Gasteiger partial charge in [0.05, 0.1) is 37.5 Å². The smallest absolute Gasteiger partial charge is 0.330 e. The molecule has 48 heavy (non-hydrogen) atoms. The van der Waals surface area contributed by atoms with Crippen molar-refractivity contribution in [2.45, 2.75) is 32.7 Å². The molecule has 4 aromatic carbocycles. The normalized spacial score (nSPS) is 11.5. The van der Waals surface area contributed by atoms with Gasteiger partial charge in [-0.05, 0) is 40.8 Å². The number of fused-ring (bicyclic) bond motifs is 1. The highest BCUT2D eigenvalue weighted by Crippen LogP contribution is 2.40. The van der Waals surface area contributed by atoms with Crippen molar-refractivity contribution in [3.05, 3.63) is 90.0 Å². The number of rotatable bonds is 11. The van der Waals surface area contributed by atoms with Gasteiger partial charge in [-0.1, -0.05) is 75.4 Å². The Labute approximate surface area is 279 Å². The molecule has 0 fully saturated rings. The van der Waals surface area contributed by atoms with E-state index in [9.17, 15) is 13.2 Å². The molecule has 0 aliphatic carbocycles. The van der Waals surface area contributed by atoms with Gasteiger partial charge in [0, 0.05) is 17.3 Å². The molecule has 1 heterocycles. The number of nitrogens with one attached hydrogen (secondary N) is 4. The topological polar surface area (TPSA) is 166 Å². The number of sulfonamides is 1. The number of amides is 2. The van der Waals surface area contributed by atoms with Crippen LogP contribution in [0.1, 0.15) is 31.9 Å². The molecule has 0 saturated carbocycles. The summed E-state index contributed by atoms with van der Waals surface area (Å²) in [5.74, 6) is 0.887. The molecule has 0 bridgehead atoms. The Morgan fingerprint density at radius 2 is 1.42 bits per heavy atom. The first kappa shape index (κ1) is 33.7. The van der Waals surface area contributed by atoms with Crippen LogP contribution in [0.4, 0.5) is 27.8 Å². The van der Waals surface area contributed by atoms with E-state index in [0.29, 0.717) is 34.4 Å². The Kier molecular flexibility index (Phi) is 9.84. The molecule has 0 spiro atoms. The summed E-state index contributed by atoms with van der Waals surface area (Å²) in [6, 6.07) is 23.6. The molecule has 250 valence electrons. The van der Waals surface area contributed by atoms with Crippen molar-refractivity contribution in [2.75, 3.05) is 41.1 Å². The zero-order valence-electron chi connectivity index (χ0n) is 27.4. The second-order valence-electron chi connectivity index (χ2n) is 11.8. The van der Waals surface area contributed by atoms with Crippen LogP contribution in [0.15, 0.2) is 78.9 Å². The number of nitrogens with zero attached hydrogens (tertiary/aromatic N) is 3. The second kappa shape index (κ2) is 14.0. The lowest BCUT2D eigenvalue weighted by atomic mass is 9.86. The van der Waals surface area contributed by atoms with Gasteiger partial charge in [-0.25, -0.2) is 13.2 Å². The first-order valence-electron chi connectivity index (χ1n) is 14.9. The number of urea groups is 1. The zero-order chi connectivity index (χ0) is 34.5. The van der Waals surface area contributed by atoms with Crippen molar-refractivity contribution in [3.63, 3.8) is 0 Å². The Bertz CT molecular complexity index is 2050. The standard InChI is InChI=1S/C34H37N7O6S/c1-34(2,3)22-18-26(29(45-4)27(19-22)41-48(6,43)44)37-31(42)36-25-16-17-28(24-15-11-10-14-23(24)25)47-33-39-30(38-32(40-33)46-5)35-20-21-12-8-7-9-13-21/h7-19,41H,20H2,1-6H3,(H2,36,37,42)(H,35,38,39,40). The van der Waals surface area contributed by atoms with E-state index in [1.165, 1.54) is 14.2 Å². The second-order valence-corrected chi connectivity index (χ2v) is 13.6. The van der Waals surface area contributed by atoms with Crippen LogP contribution in [0.25, 0.3) is 10.8 Å². The van der Waals surface area contributed by atoms with Crippen LogP contribution < -0.4 is 34.9 Å². The number of benzene rings is 4. The van der Waals surface area contributed by atoms with Gasteiger partial charge in [0.15, 0.2) is 5.75 Å². The predicted molar refractivity (Wildman–Crippen MR) is 187 cm³/mol. The molecule has 5 rings (SSSR count). The number of anilines is 4. The summed E-state index contributed by atoms with van der Waals surface area (Å²) in [7, 11) is -0.772. The Morgan fingerprint density at radius 1 is 0.771 bits per heavy atom. The third-order valence-electron chi connectivity index (χ3n) is 7.11. The van der Waals surface area contributed by atoms with Crippen LogP contribution in [-0.4, -0.2) is 49.9 Å². The van der Waals surface area contributed by atoms with E-state index in [4.69, 9.17) is 14.2 Å². The number of hydrogen-bond acceptors (Lipinski definition) is 10. The maximum Gasteiger partial charge on any atom is 0.330 e. The number of methoxy groups -OCH3 is 2. The minimum absolute atomic E-state index is 0.0188. The van der Waals surface area contributed by atoms with Gasteiger partial charge >= 0.3 is 18.1 Å². The van der Waals surface area contributed by atoms with Gasteiger partial charge in [0.25, 0.3) is 0 Å². The molecular formula is C34H37N7O6S. The molecular weight excluding hydrogens is 634 g/mol. The van der Waals surface area contributed by atoms with Crippen LogP contribution in [-0.2, 0) is 22.0 Å². The van der Waals surface area contributed by atoms with Crippen molar-refractivity contribution in [2.24, 2.45) is 0 Å². The van der Waals surface area contributed by atoms with Crippen LogP contribution in [0.3, 0.4) is 0 Å². The lowest BCUT2D eigenvalue weighted by molar-refractivity contribution is 0.262. The lowest BCUT2D eigenvalue weighted by Gasteiger charge is -2.24. The largest absolute Gasteiger partial charge is 0.492 e. The fraction of sp³-hybridized carbons (Fsp3) is 0.235. The summed E-state index contributed by atoms with van der Waals surface area (Å²) in [6.45, 7) is 6.43. The first-order chi connectivity index (χ1) is 22.8. The molecule has 0 aliphatic rings. The molecule has 2 amide bonds. The van der Waals surface area contributed by atoms with Crippen LogP contribution in [0.5, 0.6) is 23.5 Å². The fourth-order valence-electron chi connectivity index (χ4n) is 4.82. The summed E-state index contributed by atoms with van der Waals surface area (Å²) in [4.78, 5) is 26.3. The lowest BCUT2D eigenvalue weighted by Crippen LogP contribution is -2.22. The van der Waals surface area contributed by atoms with E-state index in [1.54, 1.807) is 24.3 Å². The number of aromatic nitrogens is 3. The van der Waals surface area contributed by atoms with E-state index in [0.717, 1.165) is 17.4 Å². The number of carbonyl (C=O) groups is 1. The van der Waals surface area contributed by atoms with E-state index in [1.807, 2.05) is 75.4 Å². The van der Waals surface area contributed by atoms with Crippen molar-refractivity contribution in [3.8, 4) is 23.5 Å². The molecule has 0 atom stereocenters. The van der Waals surface area contributed by atoms with Gasteiger partial charge < -0.3 is 30.2 Å². The SMILES string of the molecule is COc1nc(NCc2ccccc2)nc(Oc2ccc(NC(=O)Nc3cc(C(C)(C)C)cc(NS(C)(=O)=O)c3OC)c3ccccc23)n1. The number of ether oxygens (including phenoxy) is 3. The van der Waals surface area contributed by atoms with Crippen molar-refractivity contribution in [1.29, 1.82) is 0 Å². The van der Waals surface area contributed by atoms with Crippen molar-refractivity contribution >= 4 is 49.8 Å².